The number of rotatable bonds is 1. The summed E-state index contributed by atoms with van der Waals surface area (Å²) in [6.07, 6.45) is 10.3. The summed E-state index contributed by atoms with van der Waals surface area (Å²) >= 11 is 0. The second kappa shape index (κ2) is 2.02. The minimum atomic E-state index is 0.894. The van der Waals surface area contributed by atoms with Gasteiger partial charge in [0.2, 0.25) is 0 Å². The molecule has 7 heavy (non-hydrogen) atoms. The number of hydrogen-bond donors (Lipinski definition) is 0. The summed E-state index contributed by atoms with van der Waals surface area (Å²) in [5.41, 5.74) is 0. The van der Waals surface area contributed by atoms with E-state index in [1.807, 2.05) is 0 Å². The summed E-state index contributed by atoms with van der Waals surface area (Å²) in [5.74, 6) is 3.56. The Labute approximate surface area is 44.9 Å². The van der Waals surface area contributed by atoms with Crippen LogP contribution in [0.3, 0.4) is 0 Å². The van der Waals surface area contributed by atoms with Gasteiger partial charge in [0.15, 0.2) is 0 Å². The van der Waals surface area contributed by atoms with Crippen LogP contribution in [0.5, 0.6) is 0 Å². The molecule has 0 unspecified atom stereocenters. The van der Waals surface area contributed by atoms with E-state index in [4.69, 9.17) is 6.42 Å². The van der Waals surface area contributed by atoms with Crippen molar-refractivity contribution in [3.63, 3.8) is 0 Å². The summed E-state index contributed by atoms with van der Waals surface area (Å²) in [6, 6.07) is 0. The van der Waals surface area contributed by atoms with E-state index in [-0.39, 0.29) is 0 Å². The summed E-state index contributed by atoms with van der Waals surface area (Å²) in [4.78, 5) is 0. The molecule has 0 saturated heterocycles. The summed E-state index contributed by atoms with van der Waals surface area (Å²) in [6.45, 7) is 0. The van der Waals surface area contributed by atoms with Crippen LogP contribution in [0.15, 0.2) is 0 Å². The van der Waals surface area contributed by atoms with Gasteiger partial charge in [-0.15, -0.1) is 12.3 Å². The fraction of sp³-hybridized carbons (Fsp3) is 0.714. The molecule has 0 aromatic heterocycles. The molecule has 0 aliphatic heterocycles. The maximum absolute atomic E-state index is 5.09. The van der Waals surface area contributed by atoms with Gasteiger partial charge in [0.25, 0.3) is 0 Å². The van der Waals surface area contributed by atoms with Crippen molar-refractivity contribution in [2.24, 2.45) is 5.92 Å². The van der Waals surface area contributed by atoms with Gasteiger partial charge < -0.3 is 0 Å². The molecule has 0 atom stereocenters. The quantitative estimate of drug-likeness (QED) is 0.435. The van der Waals surface area contributed by atoms with Gasteiger partial charge in [-0.3, -0.25) is 0 Å². The average molecular weight is 94.2 g/mol. The van der Waals surface area contributed by atoms with Crippen molar-refractivity contribution in [1.29, 1.82) is 0 Å². The van der Waals surface area contributed by atoms with Gasteiger partial charge >= 0.3 is 0 Å². The molecule has 0 amide bonds. The first kappa shape index (κ1) is 4.71. The van der Waals surface area contributed by atoms with Crippen LogP contribution in [0, 0.1) is 18.3 Å². The summed E-state index contributed by atoms with van der Waals surface area (Å²) in [5, 5.41) is 0. The molecule has 1 fully saturated rings. The van der Waals surface area contributed by atoms with E-state index in [2.05, 4.69) is 5.92 Å². The van der Waals surface area contributed by atoms with Crippen LogP contribution >= 0.6 is 0 Å². The van der Waals surface area contributed by atoms with Gasteiger partial charge in [-0.25, -0.2) is 0 Å². The van der Waals surface area contributed by atoms with Crippen LogP contribution in [-0.2, 0) is 0 Å². The smallest absolute Gasteiger partial charge is 0.0114 e. The van der Waals surface area contributed by atoms with Crippen LogP contribution in [0.2, 0.25) is 0 Å². The van der Waals surface area contributed by atoms with Crippen molar-refractivity contribution in [2.45, 2.75) is 25.7 Å². The average Bonchev–Trinajstić information content (AvgIpc) is 1.55. The fourth-order valence-electron chi connectivity index (χ4n) is 0.864. The van der Waals surface area contributed by atoms with E-state index >= 15 is 0 Å². The highest BCUT2D eigenvalue weighted by molar-refractivity contribution is 4.89. The van der Waals surface area contributed by atoms with Crippen molar-refractivity contribution < 1.29 is 0 Å². The zero-order chi connectivity index (χ0) is 5.11. The van der Waals surface area contributed by atoms with Gasteiger partial charge in [-0.2, -0.15) is 0 Å². The standard InChI is InChI=1S/C7H10/c1-2-4-7-5-3-6-7/h1,7H,3-6H2. The molecule has 38 valence electrons. The van der Waals surface area contributed by atoms with Gasteiger partial charge in [0.1, 0.15) is 0 Å². The minimum absolute atomic E-state index is 0.894. The molecule has 1 rings (SSSR count). The Morgan fingerprint density at radius 2 is 2.29 bits per heavy atom. The second-order valence-corrected chi connectivity index (χ2v) is 2.21. The molecule has 1 saturated carbocycles. The fourth-order valence-corrected chi connectivity index (χ4v) is 0.864. The first-order chi connectivity index (χ1) is 3.43. The number of terminal acetylenes is 1. The first-order valence-electron chi connectivity index (χ1n) is 2.87. The van der Waals surface area contributed by atoms with Crippen molar-refractivity contribution >= 4 is 0 Å². The first-order valence-corrected chi connectivity index (χ1v) is 2.87. The Morgan fingerprint density at radius 1 is 1.57 bits per heavy atom. The van der Waals surface area contributed by atoms with E-state index in [0.29, 0.717) is 0 Å². The predicted octanol–water partition coefficient (Wildman–Crippen LogP) is 1.81. The Balaban J connectivity index is 2.06. The molecule has 1 aliphatic carbocycles. The third-order valence-corrected chi connectivity index (χ3v) is 1.63. The molecule has 0 aromatic rings. The van der Waals surface area contributed by atoms with Crippen molar-refractivity contribution in [1.82, 2.24) is 0 Å². The number of hydrogen-bond acceptors (Lipinski definition) is 0. The lowest BCUT2D eigenvalue weighted by Gasteiger charge is -2.22. The lowest BCUT2D eigenvalue weighted by molar-refractivity contribution is 0.323. The van der Waals surface area contributed by atoms with Crippen LogP contribution in [0.4, 0.5) is 0 Å². The zero-order valence-electron chi connectivity index (χ0n) is 4.48. The van der Waals surface area contributed by atoms with Crippen LogP contribution in [-0.4, -0.2) is 0 Å². The van der Waals surface area contributed by atoms with Crippen molar-refractivity contribution in [3.8, 4) is 12.3 Å². The molecule has 0 N–H and O–H groups in total. The van der Waals surface area contributed by atoms with E-state index in [1.54, 1.807) is 0 Å². The third kappa shape index (κ3) is 0.962. The van der Waals surface area contributed by atoms with Crippen LogP contribution in [0.1, 0.15) is 25.7 Å². The van der Waals surface area contributed by atoms with E-state index < -0.39 is 0 Å². The van der Waals surface area contributed by atoms with Gasteiger partial charge in [-0.1, -0.05) is 6.42 Å². The van der Waals surface area contributed by atoms with Crippen molar-refractivity contribution in [3.05, 3.63) is 0 Å². The summed E-state index contributed by atoms with van der Waals surface area (Å²) in [7, 11) is 0. The molecule has 0 bridgehead atoms. The molecule has 0 radical (unpaired) electrons. The Hall–Kier alpha value is -0.440. The van der Waals surface area contributed by atoms with Crippen LogP contribution < -0.4 is 0 Å². The van der Waals surface area contributed by atoms with Crippen LogP contribution in [0.25, 0.3) is 0 Å². The molecular formula is C7H10. The highest BCUT2D eigenvalue weighted by Gasteiger charge is 2.14. The topological polar surface area (TPSA) is 0 Å². The molecule has 0 spiro atoms. The molecule has 0 heteroatoms. The second-order valence-electron chi connectivity index (χ2n) is 2.21. The van der Waals surface area contributed by atoms with E-state index in [9.17, 15) is 0 Å². The SMILES string of the molecule is C#CCC1CCC1. The molecule has 0 nitrogen and oxygen atoms in total. The predicted molar refractivity (Wildman–Crippen MR) is 30.8 cm³/mol. The Bertz CT molecular complexity index is 82.7. The van der Waals surface area contributed by atoms with Crippen molar-refractivity contribution in [2.75, 3.05) is 0 Å². The maximum atomic E-state index is 5.09. The Kier molecular flexibility index (Phi) is 1.36. The lowest BCUT2D eigenvalue weighted by Crippen LogP contribution is -2.08. The highest BCUT2D eigenvalue weighted by atomic mass is 14.2. The van der Waals surface area contributed by atoms with Gasteiger partial charge in [-0.05, 0) is 18.8 Å². The lowest BCUT2D eigenvalue weighted by atomic mass is 9.83. The molecule has 1 aliphatic rings. The van der Waals surface area contributed by atoms with Gasteiger partial charge in [0, 0.05) is 6.42 Å². The largest absolute Gasteiger partial charge is 0.120 e. The normalized spacial score (nSPS) is 20.4. The maximum Gasteiger partial charge on any atom is 0.0114 e. The van der Waals surface area contributed by atoms with E-state index in [1.165, 1.54) is 19.3 Å². The Morgan fingerprint density at radius 3 is 2.43 bits per heavy atom. The monoisotopic (exact) mass is 94.1 g/mol. The van der Waals surface area contributed by atoms with E-state index in [0.717, 1.165) is 12.3 Å². The summed E-state index contributed by atoms with van der Waals surface area (Å²) < 4.78 is 0. The van der Waals surface area contributed by atoms with Gasteiger partial charge in [0.05, 0.1) is 0 Å². The minimum Gasteiger partial charge on any atom is -0.120 e. The third-order valence-electron chi connectivity index (χ3n) is 1.63. The molecule has 0 heterocycles. The zero-order valence-corrected chi connectivity index (χ0v) is 4.48. The molecule has 0 aromatic carbocycles. The highest BCUT2D eigenvalue weighted by Crippen LogP contribution is 2.28. The molecular weight excluding hydrogens is 84.1 g/mol.